The van der Waals surface area contributed by atoms with Crippen LogP contribution in [0.4, 0.5) is 4.39 Å². The minimum absolute atomic E-state index is 0.000172. The van der Waals surface area contributed by atoms with E-state index in [4.69, 9.17) is 20.8 Å². The van der Waals surface area contributed by atoms with Gasteiger partial charge in [0.25, 0.3) is 5.91 Å². The van der Waals surface area contributed by atoms with E-state index in [2.05, 4.69) is 5.32 Å². The molecular formula is C23H21ClFNO5. The molecule has 0 radical (unpaired) electrons. The maximum Gasteiger partial charge on any atom is 0.255 e. The van der Waals surface area contributed by atoms with Crippen molar-refractivity contribution in [2.75, 3.05) is 6.61 Å². The lowest BCUT2D eigenvalue weighted by atomic mass is 9.38. The Balaban J connectivity index is 1.13. The molecule has 1 aromatic heterocycles. The van der Waals surface area contributed by atoms with E-state index < -0.39 is 5.82 Å². The standard InChI is InChI=1S/C23H21ClFNO5/c24-16-5-4-14(6-17(16)25)30-8-13(27)7-22-10-23(11-22,12-22)26-21(29)15-9-31-19-3-1-2-18(28)20(15)19/h4-6,9H,1-3,7-8,10-12H2,(H,26,29). The SMILES string of the molecule is O=C(COc1ccc(Cl)c(F)c1)CC12CC(NC(=O)c3coc4c3C(=O)CCC4)(C1)C2. The number of furan rings is 1. The summed E-state index contributed by atoms with van der Waals surface area (Å²) in [6, 6.07) is 4.05. The molecule has 2 aromatic rings. The van der Waals surface area contributed by atoms with E-state index in [0.717, 1.165) is 31.7 Å². The number of ether oxygens (including phenoxy) is 1. The fourth-order valence-corrected chi connectivity index (χ4v) is 5.53. The number of hydrogen-bond donors (Lipinski definition) is 1. The van der Waals surface area contributed by atoms with Crippen LogP contribution in [0, 0.1) is 11.2 Å². The van der Waals surface area contributed by atoms with Gasteiger partial charge in [-0.25, -0.2) is 4.39 Å². The molecule has 6 nitrogen and oxygen atoms in total. The van der Waals surface area contributed by atoms with E-state index in [1.54, 1.807) is 0 Å². The third-order valence-corrected chi connectivity index (χ3v) is 6.89. The van der Waals surface area contributed by atoms with Gasteiger partial charge in [-0.2, -0.15) is 0 Å². The summed E-state index contributed by atoms with van der Waals surface area (Å²) in [6.45, 7) is -0.133. The lowest BCUT2D eigenvalue weighted by Gasteiger charge is -2.70. The number of benzene rings is 1. The number of carbonyl (C=O) groups is 3. The number of ketones is 2. The molecule has 3 fully saturated rings. The molecule has 31 heavy (non-hydrogen) atoms. The number of amides is 1. The van der Waals surface area contributed by atoms with Gasteiger partial charge in [-0.3, -0.25) is 14.4 Å². The lowest BCUT2D eigenvalue weighted by Crippen LogP contribution is -2.75. The van der Waals surface area contributed by atoms with E-state index in [0.29, 0.717) is 36.1 Å². The Morgan fingerprint density at radius 3 is 2.74 bits per heavy atom. The zero-order chi connectivity index (χ0) is 21.8. The van der Waals surface area contributed by atoms with Crippen LogP contribution in [0.25, 0.3) is 0 Å². The Kier molecular flexibility index (Phi) is 4.70. The van der Waals surface area contributed by atoms with E-state index in [1.807, 2.05) is 0 Å². The van der Waals surface area contributed by atoms with Crippen LogP contribution in [0.5, 0.6) is 5.75 Å². The van der Waals surface area contributed by atoms with Gasteiger partial charge in [0.1, 0.15) is 30.2 Å². The quantitative estimate of drug-likeness (QED) is 0.687. The molecular weight excluding hydrogens is 425 g/mol. The fraction of sp³-hybridized carbons (Fsp3) is 0.435. The number of fused-ring (bicyclic) bond motifs is 1. The zero-order valence-electron chi connectivity index (χ0n) is 16.8. The minimum atomic E-state index is -0.593. The maximum absolute atomic E-state index is 13.5. The van der Waals surface area contributed by atoms with Crippen molar-refractivity contribution in [2.45, 2.75) is 50.5 Å². The second-order valence-corrected chi connectivity index (χ2v) is 9.48. The molecule has 8 heteroatoms. The Morgan fingerprint density at radius 2 is 2.00 bits per heavy atom. The number of halogens is 2. The van der Waals surface area contributed by atoms with E-state index >= 15 is 0 Å². The zero-order valence-corrected chi connectivity index (χ0v) is 17.5. The third-order valence-electron chi connectivity index (χ3n) is 6.58. The summed E-state index contributed by atoms with van der Waals surface area (Å²) in [5.74, 6) is -0.127. The molecule has 1 heterocycles. The van der Waals surface area contributed by atoms with Crippen LogP contribution in [0.2, 0.25) is 5.02 Å². The normalized spacial score (nSPS) is 25.8. The van der Waals surface area contributed by atoms with Gasteiger partial charge < -0.3 is 14.5 Å². The summed E-state index contributed by atoms with van der Waals surface area (Å²) in [4.78, 5) is 37.3. The Bertz CT molecular complexity index is 1090. The summed E-state index contributed by atoms with van der Waals surface area (Å²) in [6.07, 6.45) is 5.77. The number of Topliss-reactive ketones (excluding diaryl/α,β-unsaturated/α-hetero) is 2. The summed E-state index contributed by atoms with van der Waals surface area (Å²) in [5, 5.41) is 3.05. The maximum atomic E-state index is 13.5. The van der Waals surface area contributed by atoms with Gasteiger partial charge in [-0.05, 0) is 43.2 Å². The minimum Gasteiger partial charge on any atom is -0.486 e. The average molecular weight is 446 g/mol. The van der Waals surface area contributed by atoms with Gasteiger partial charge in [0, 0.05) is 30.9 Å². The Morgan fingerprint density at radius 1 is 1.23 bits per heavy atom. The molecule has 0 atom stereocenters. The first-order valence-electron chi connectivity index (χ1n) is 10.3. The van der Waals surface area contributed by atoms with Crippen molar-refractivity contribution < 1.29 is 27.9 Å². The molecule has 1 N–H and O–H groups in total. The van der Waals surface area contributed by atoms with Crippen molar-refractivity contribution in [3.8, 4) is 5.75 Å². The highest BCUT2D eigenvalue weighted by Gasteiger charge is 2.68. The lowest BCUT2D eigenvalue weighted by molar-refractivity contribution is -0.162. The molecule has 2 bridgehead atoms. The number of rotatable bonds is 7. The molecule has 3 saturated carbocycles. The van der Waals surface area contributed by atoms with Gasteiger partial charge in [0.15, 0.2) is 11.6 Å². The second-order valence-electron chi connectivity index (χ2n) is 9.07. The predicted molar refractivity (Wildman–Crippen MR) is 109 cm³/mol. The highest BCUT2D eigenvalue weighted by atomic mass is 35.5. The first kappa shape index (κ1) is 20.2. The van der Waals surface area contributed by atoms with Gasteiger partial charge in [-0.1, -0.05) is 11.6 Å². The number of nitrogens with one attached hydrogen (secondary N) is 1. The van der Waals surface area contributed by atoms with Gasteiger partial charge >= 0.3 is 0 Å². The topological polar surface area (TPSA) is 85.6 Å². The van der Waals surface area contributed by atoms with Crippen molar-refractivity contribution >= 4 is 29.1 Å². The van der Waals surface area contributed by atoms with Crippen LogP contribution in [0.15, 0.2) is 28.9 Å². The average Bonchev–Trinajstić information content (AvgIpc) is 3.12. The van der Waals surface area contributed by atoms with Crippen molar-refractivity contribution in [3.63, 3.8) is 0 Å². The number of aryl methyl sites for hydroxylation is 1. The molecule has 4 aliphatic rings. The second kappa shape index (κ2) is 7.19. The molecule has 0 saturated heterocycles. The Labute approximate surface area is 183 Å². The molecule has 162 valence electrons. The van der Waals surface area contributed by atoms with Crippen LogP contribution in [0.1, 0.15) is 65.0 Å². The Hall–Kier alpha value is -2.67. The van der Waals surface area contributed by atoms with Gasteiger partial charge in [0.05, 0.1) is 16.1 Å². The molecule has 6 rings (SSSR count). The molecule has 0 unspecified atom stereocenters. The van der Waals surface area contributed by atoms with E-state index in [9.17, 15) is 18.8 Å². The van der Waals surface area contributed by atoms with Crippen molar-refractivity contribution in [3.05, 3.63) is 52.2 Å². The summed E-state index contributed by atoms with van der Waals surface area (Å²) >= 11 is 5.64. The molecule has 0 aliphatic heterocycles. The number of hydrogen-bond acceptors (Lipinski definition) is 5. The summed E-state index contributed by atoms with van der Waals surface area (Å²) in [7, 11) is 0. The van der Waals surface area contributed by atoms with Crippen LogP contribution < -0.4 is 10.1 Å². The first-order valence-corrected chi connectivity index (χ1v) is 10.7. The van der Waals surface area contributed by atoms with Crippen LogP contribution in [0.3, 0.4) is 0 Å². The molecule has 4 aliphatic carbocycles. The molecule has 0 spiro atoms. The highest BCUT2D eigenvalue weighted by molar-refractivity contribution is 6.30. The van der Waals surface area contributed by atoms with Crippen LogP contribution in [-0.4, -0.2) is 29.6 Å². The van der Waals surface area contributed by atoms with Gasteiger partial charge in [-0.15, -0.1) is 0 Å². The highest BCUT2D eigenvalue weighted by Crippen LogP contribution is 2.69. The van der Waals surface area contributed by atoms with Crippen LogP contribution in [-0.2, 0) is 11.2 Å². The van der Waals surface area contributed by atoms with Crippen LogP contribution >= 0.6 is 11.6 Å². The molecule has 1 aromatic carbocycles. The molecule has 1 amide bonds. The summed E-state index contributed by atoms with van der Waals surface area (Å²) in [5.41, 5.74) is 0.332. The van der Waals surface area contributed by atoms with E-state index in [1.165, 1.54) is 18.4 Å². The first-order chi connectivity index (χ1) is 14.8. The predicted octanol–water partition coefficient (Wildman–Crippen LogP) is 4.28. The largest absolute Gasteiger partial charge is 0.486 e. The summed E-state index contributed by atoms with van der Waals surface area (Å²) < 4.78 is 24.3. The van der Waals surface area contributed by atoms with Gasteiger partial charge in [0.2, 0.25) is 0 Å². The van der Waals surface area contributed by atoms with Crippen molar-refractivity contribution in [2.24, 2.45) is 5.41 Å². The van der Waals surface area contributed by atoms with E-state index in [-0.39, 0.29) is 45.8 Å². The van der Waals surface area contributed by atoms with Crippen molar-refractivity contribution in [1.82, 2.24) is 5.32 Å². The third kappa shape index (κ3) is 3.55. The van der Waals surface area contributed by atoms with Crippen molar-refractivity contribution in [1.29, 1.82) is 0 Å². The fourth-order valence-electron chi connectivity index (χ4n) is 5.42. The number of carbonyl (C=O) groups excluding carboxylic acids is 3. The smallest absolute Gasteiger partial charge is 0.255 e. The monoisotopic (exact) mass is 445 g/mol.